The fourth-order valence-corrected chi connectivity index (χ4v) is 3.99. The number of carbonyl (C=O) groups excluding carboxylic acids is 1. The number of hydrogen-bond donors (Lipinski definition) is 1. The van der Waals surface area contributed by atoms with E-state index < -0.39 is 0 Å². The van der Waals surface area contributed by atoms with E-state index in [1.807, 2.05) is 24.4 Å². The summed E-state index contributed by atoms with van der Waals surface area (Å²) >= 11 is 6.02. The van der Waals surface area contributed by atoms with Crippen molar-refractivity contribution in [3.63, 3.8) is 0 Å². The number of Topliss-reactive ketones (excluding diaryl/α,β-unsaturated/α-hetero) is 1. The van der Waals surface area contributed by atoms with Gasteiger partial charge in [0.2, 0.25) is 0 Å². The molecule has 112 valence electrons. The van der Waals surface area contributed by atoms with Crippen molar-refractivity contribution in [1.29, 1.82) is 0 Å². The Balaban J connectivity index is 1.77. The molecule has 0 bridgehead atoms. The van der Waals surface area contributed by atoms with Gasteiger partial charge in [-0.2, -0.15) is 0 Å². The standard InChI is InChI=1S/C15H11BrN2O2S2/c1-8-6-21-14-12(8)13(20)17-15(18-14)22-7-11(19)9-2-4-10(16)5-3-9/h2-6H,7H2,1H3,(H,17,18,20). The SMILES string of the molecule is Cc1csc2nc(SCC(=O)c3ccc(Br)cc3)[nH]c(=O)c12. The summed E-state index contributed by atoms with van der Waals surface area (Å²) in [7, 11) is 0. The van der Waals surface area contributed by atoms with E-state index in [2.05, 4.69) is 25.9 Å². The van der Waals surface area contributed by atoms with E-state index in [-0.39, 0.29) is 17.1 Å². The topological polar surface area (TPSA) is 62.8 Å². The van der Waals surface area contributed by atoms with E-state index in [0.29, 0.717) is 20.9 Å². The number of aryl methyl sites for hydroxylation is 1. The molecule has 2 aromatic heterocycles. The van der Waals surface area contributed by atoms with Gasteiger partial charge in [0, 0.05) is 10.0 Å². The molecule has 22 heavy (non-hydrogen) atoms. The first-order valence-electron chi connectivity index (χ1n) is 6.44. The molecule has 0 fully saturated rings. The maximum atomic E-state index is 12.1. The fraction of sp³-hybridized carbons (Fsp3) is 0.133. The third-order valence-corrected chi connectivity index (χ3v) is 5.50. The van der Waals surface area contributed by atoms with Gasteiger partial charge in [0.05, 0.1) is 11.1 Å². The lowest BCUT2D eigenvalue weighted by Gasteiger charge is -2.02. The average molecular weight is 395 g/mol. The lowest BCUT2D eigenvalue weighted by Crippen LogP contribution is -2.10. The number of thioether (sulfide) groups is 1. The maximum Gasteiger partial charge on any atom is 0.260 e. The number of ketones is 1. The van der Waals surface area contributed by atoms with Gasteiger partial charge in [-0.3, -0.25) is 9.59 Å². The number of fused-ring (bicyclic) bond motifs is 1. The normalized spacial score (nSPS) is 11.0. The number of rotatable bonds is 4. The van der Waals surface area contributed by atoms with Crippen molar-refractivity contribution in [3.05, 3.63) is 55.6 Å². The summed E-state index contributed by atoms with van der Waals surface area (Å²) in [6.45, 7) is 1.89. The van der Waals surface area contributed by atoms with Crippen molar-refractivity contribution >= 4 is 55.0 Å². The zero-order chi connectivity index (χ0) is 15.7. The molecule has 0 saturated heterocycles. The van der Waals surface area contributed by atoms with Crippen LogP contribution in [0.25, 0.3) is 10.2 Å². The summed E-state index contributed by atoms with van der Waals surface area (Å²) in [6.07, 6.45) is 0. The second-order valence-corrected chi connectivity index (χ2v) is 7.43. The van der Waals surface area contributed by atoms with Crippen LogP contribution in [0.1, 0.15) is 15.9 Å². The third-order valence-electron chi connectivity index (χ3n) is 3.11. The molecule has 0 unspecified atom stereocenters. The van der Waals surface area contributed by atoms with Gasteiger partial charge in [0.1, 0.15) is 4.83 Å². The second kappa shape index (κ2) is 6.36. The van der Waals surface area contributed by atoms with E-state index in [4.69, 9.17) is 0 Å². The molecule has 0 spiro atoms. The molecular formula is C15H11BrN2O2S2. The minimum absolute atomic E-state index is 0.00241. The minimum atomic E-state index is -0.151. The highest BCUT2D eigenvalue weighted by atomic mass is 79.9. The number of benzene rings is 1. The van der Waals surface area contributed by atoms with Gasteiger partial charge >= 0.3 is 0 Å². The number of nitrogens with one attached hydrogen (secondary N) is 1. The van der Waals surface area contributed by atoms with E-state index in [9.17, 15) is 9.59 Å². The molecule has 0 amide bonds. The Hall–Kier alpha value is -1.44. The van der Waals surface area contributed by atoms with Crippen LogP contribution in [0.15, 0.2) is 44.1 Å². The van der Waals surface area contributed by atoms with Crippen molar-refractivity contribution in [2.45, 2.75) is 12.1 Å². The Bertz CT molecular complexity index is 900. The monoisotopic (exact) mass is 394 g/mol. The second-order valence-electron chi connectivity index (χ2n) is 4.69. The molecule has 0 atom stereocenters. The largest absolute Gasteiger partial charge is 0.301 e. The van der Waals surface area contributed by atoms with Crippen LogP contribution < -0.4 is 5.56 Å². The van der Waals surface area contributed by atoms with Gasteiger partial charge in [-0.25, -0.2) is 4.98 Å². The molecule has 0 radical (unpaired) electrons. The Labute approximate surface area is 143 Å². The zero-order valence-corrected chi connectivity index (χ0v) is 14.8. The van der Waals surface area contributed by atoms with Crippen molar-refractivity contribution in [2.24, 2.45) is 0 Å². The summed E-state index contributed by atoms with van der Waals surface area (Å²) in [5, 5.41) is 3.02. The molecule has 3 rings (SSSR count). The first kappa shape index (κ1) is 15.5. The van der Waals surface area contributed by atoms with Crippen molar-refractivity contribution in [3.8, 4) is 0 Å². The van der Waals surface area contributed by atoms with Gasteiger partial charge in [-0.15, -0.1) is 11.3 Å². The van der Waals surface area contributed by atoms with Crippen LogP contribution in [-0.2, 0) is 0 Å². The minimum Gasteiger partial charge on any atom is -0.301 e. The quantitative estimate of drug-likeness (QED) is 0.412. The maximum absolute atomic E-state index is 12.1. The third kappa shape index (κ3) is 3.16. The van der Waals surface area contributed by atoms with Gasteiger partial charge in [-0.1, -0.05) is 39.8 Å². The van der Waals surface area contributed by atoms with Crippen LogP contribution in [0.2, 0.25) is 0 Å². The number of thiophene rings is 1. The number of nitrogens with zero attached hydrogens (tertiary/aromatic N) is 1. The molecule has 2 heterocycles. The van der Waals surface area contributed by atoms with Crippen LogP contribution in [-0.4, -0.2) is 21.5 Å². The van der Waals surface area contributed by atoms with Crippen LogP contribution in [0.4, 0.5) is 0 Å². The highest BCUT2D eigenvalue weighted by molar-refractivity contribution is 9.10. The number of aromatic amines is 1. The smallest absolute Gasteiger partial charge is 0.260 e. The Morgan fingerprint density at radius 3 is 2.82 bits per heavy atom. The highest BCUT2D eigenvalue weighted by Crippen LogP contribution is 2.23. The molecule has 3 aromatic rings. The molecule has 4 nitrogen and oxygen atoms in total. The van der Waals surface area contributed by atoms with Crippen LogP contribution >= 0.6 is 39.0 Å². The molecule has 0 aliphatic carbocycles. The number of hydrogen-bond acceptors (Lipinski definition) is 5. The summed E-state index contributed by atoms with van der Waals surface area (Å²) in [6, 6.07) is 7.21. The molecule has 1 N–H and O–H groups in total. The lowest BCUT2D eigenvalue weighted by atomic mass is 10.2. The van der Waals surface area contributed by atoms with Gasteiger partial charge in [0.15, 0.2) is 10.9 Å². The fourth-order valence-electron chi connectivity index (χ4n) is 1.99. The summed E-state index contributed by atoms with van der Waals surface area (Å²) in [5.41, 5.74) is 1.42. The summed E-state index contributed by atoms with van der Waals surface area (Å²) in [4.78, 5) is 32.0. The molecule has 0 saturated carbocycles. The van der Waals surface area contributed by atoms with Gasteiger partial charge < -0.3 is 4.98 Å². The van der Waals surface area contributed by atoms with E-state index >= 15 is 0 Å². The van der Waals surface area contributed by atoms with Crippen molar-refractivity contribution < 1.29 is 4.79 Å². The summed E-state index contributed by atoms with van der Waals surface area (Å²) in [5.74, 6) is 0.239. The zero-order valence-electron chi connectivity index (χ0n) is 11.6. The van der Waals surface area contributed by atoms with E-state index in [0.717, 1.165) is 10.0 Å². The van der Waals surface area contributed by atoms with Crippen LogP contribution in [0.3, 0.4) is 0 Å². The predicted molar refractivity (Wildman–Crippen MR) is 94.2 cm³/mol. The number of carbonyl (C=O) groups is 1. The first-order valence-corrected chi connectivity index (χ1v) is 9.10. The lowest BCUT2D eigenvalue weighted by molar-refractivity contribution is 0.102. The molecule has 0 aliphatic rings. The average Bonchev–Trinajstić information content (AvgIpc) is 2.87. The van der Waals surface area contributed by atoms with Crippen molar-refractivity contribution in [2.75, 3.05) is 5.75 Å². The highest BCUT2D eigenvalue weighted by Gasteiger charge is 2.11. The predicted octanol–water partition coefficient (Wildman–Crippen LogP) is 4.03. The van der Waals surface area contributed by atoms with E-state index in [1.54, 1.807) is 12.1 Å². The van der Waals surface area contributed by atoms with E-state index in [1.165, 1.54) is 23.1 Å². The number of aromatic nitrogens is 2. The Morgan fingerprint density at radius 1 is 1.36 bits per heavy atom. The van der Waals surface area contributed by atoms with Crippen LogP contribution in [0.5, 0.6) is 0 Å². The molecule has 7 heteroatoms. The summed E-state index contributed by atoms with van der Waals surface area (Å²) < 4.78 is 0.932. The molecular weight excluding hydrogens is 384 g/mol. The first-order chi connectivity index (χ1) is 10.5. The number of H-pyrrole nitrogens is 1. The van der Waals surface area contributed by atoms with Gasteiger partial charge in [0.25, 0.3) is 5.56 Å². The number of halogens is 1. The Kier molecular flexibility index (Phi) is 4.46. The Morgan fingerprint density at radius 2 is 2.09 bits per heavy atom. The van der Waals surface area contributed by atoms with Gasteiger partial charge in [-0.05, 0) is 30.0 Å². The molecule has 0 aliphatic heterocycles. The van der Waals surface area contributed by atoms with Crippen LogP contribution in [0, 0.1) is 6.92 Å². The molecule has 1 aromatic carbocycles. The van der Waals surface area contributed by atoms with Crippen molar-refractivity contribution in [1.82, 2.24) is 9.97 Å².